The molecular weight excluding hydrogens is 265 g/mol. The Morgan fingerprint density at radius 1 is 1.42 bits per heavy atom. The van der Waals surface area contributed by atoms with Crippen molar-refractivity contribution >= 4 is 26.7 Å². The van der Waals surface area contributed by atoms with E-state index in [2.05, 4.69) is 22.2 Å². The molecule has 4 nitrogen and oxygen atoms in total. The number of benzene rings is 1. The van der Waals surface area contributed by atoms with Crippen LogP contribution in [0.2, 0.25) is 0 Å². The van der Waals surface area contributed by atoms with Crippen molar-refractivity contribution in [2.24, 2.45) is 0 Å². The van der Waals surface area contributed by atoms with E-state index in [1.165, 1.54) is 12.1 Å². The number of ether oxygens (including phenoxy) is 1. The van der Waals surface area contributed by atoms with Gasteiger partial charge < -0.3 is 15.0 Å². The molecule has 104 valence electrons. The van der Waals surface area contributed by atoms with Crippen LogP contribution >= 0.6 is 11.3 Å². The van der Waals surface area contributed by atoms with Crippen LogP contribution in [-0.4, -0.2) is 50.3 Å². The molecule has 0 fully saturated rings. The maximum absolute atomic E-state index is 13.0. The van der Waals surface area contributed by atoms with Crippen molar-refractivity contribution < 1.29 is 9.13 Å². The SMILES string of the molecule is COCCN(C)CCNc1nc2cc(F)ccc2s1. The molecule has 0 saturated carbocycles. The molecule has 0 bridgehead atoms. The smallest absolute Gasteiger partial charge is 0.183 e. The number of thiazole rings is 1. The molecule has 0 saturated heterocycles. The summed E-state index contributed by atoms with van der Waals surface area (Å²) in [5.41, 5.74) is 0.709. The molecule has 1 aromatic carbocycles. The summed E-state index contributed by atoms with van der Waals surface area (Å²) >= 11 is 1.54. The number of likely N-dealkylation sites (N-methyl/N-ethyl adjacent to an activating group) is 1. The van der Waals surface area contributed by atoms with Gasteiger partial charge in [-0.15, -0.1) is 0 Å². The molecule has 19 heavy (non-hydrogen) atoms. The van der Waals surface area contributed by atoms with Crippen molar-refractivity contribution in [1.82, 2.24) is 9.88 Å². The minimum atomic E-state index is -0.247. The second-order valence-corrected chi connectivity index (χ2v) is 5.38. The number of rotatable bonds is 7. The molecular formula is C13H18FN3OS. The van der Waals surface area contributed by atoms with Crippen LogP contribution in [0.5, 0.6) is 0 Å². The lowest BCUT2D eigenvalue weighted by Gasteiger charge is -2.15. The number of methoxy groups -OCH3 is 1. The van der Waals surface area contributed by atoms with Gasteiger partial charge in [0, 0.05) is 32.8 Å². The minimum absolute atomic E-state index is 0.247. The molecule has 2 rings (SSSR count). The number of nitrogens with one attached hydrogen (secondary N) is 1. The van der Waals surface area contributed by atoms with E-state index in [0.29, 0.717) is 5.52 Å². The summed E-state index contributed by atoms with van der Waals surface area (Å²) in [5, 5.41) is 4.10. The third-order valence-corrected chi connectivity index (χ3v) is 3.79. The van der Waals surface area contributed by atoms with E-state index in [-0.39, 0.29) is 5.82 Å². The number of anilines is 1. The highest BCUT2D eigenvalue weighted by atomic mass is 32.1. The van der Waals surface area contributed by atoms with Crippen molar-refractivity contribution in [1.29, 1.82) is 0 Å². The van der Waals surface area contributed by atoms with Gasteiger partial charge >= 0.3 is 0 Å². The number of hydrogen-bond donors (Lipinski definition) is 1. The van der Waals surface area contributed by atoms with Gasteiger partial charge in [0.05, 0.1) is 16.8 Å². The van der Waals surface area contributed by atoms with Gasteiger partial charge in [0.15, 0.2) is 5.13 Å². The van der Waals surface area contributed by atoms with E-state index in [4.69, 9.17) is 4.74 Å². The maximum atomic E-state index is 13.0. The van der Waals surface area contributed by atoms with Crippen LogP contribution in [0, 0.1) is 5.82 Å². The molecule has 0 spiro atoms. The number of halogens is 1. The van der Waals surface area contributed by atoms with Gasteiger partial charge in [0.1, 0.15) is 5.82 Å². The van der Waals surface area contributed by atoms with Crippen LogP contribution in [0.25, 0.3) is 10.2 Å². The number of hydrogen-bond acceptors (Lipinski definition) is 5. The molecule has 0 radical (unpaired) electrons. The average Bonchev–Trinajstić information content (AvgIpc) is 2.78. The summed E-state index contributed by atoms with van der Waals surface area (Å²) < 4.78 is 19.1. The van der Waals surface area contributed by atoms with Gasteiger partial charge in [-0.3, -0.25) is 0 Å². The predicted molar refractivity (Wildman–Crippen MR) is 77.4 cm³/mol. The Morgan fingerprint density at radius 3 is 3.05 bits per heavy atom. The monoisotopic (exact) mass is 283 g/mol. The Hall–Kier alpha value is -1.24. The van der Waals surface area contributed by atoms with E-state index in [1.807, 2.05) is 0 Å². The number of fused-ring (bicyclic) bond motifs is 1. The van der Waals surface area contributed by atoms with Crippen molar-refractivity contribution in [3.63, 3.8) is 0 Å². The largest absolute Gasteiger partial charge is 0.383 e. The quantitative estimate of drug-likeness (QED) is 0.847. The second-order valence-electron chi connectivity index (χ2n) is 4.35. The molecule has 0 aliphatic rings. The van der Waals surface area contributed by atoms with Gasteiger partial charge in [0.25, 0.3) is 0 Å². The lowest BCUT2D eigenvalue weighted by molar-refractivity contribution is 0.163. The van der Waals surface area contributed by atoms with E-state index in [9.17, 15) is 4.39 Å². The molecule has 0 aliphatic heterocycles. The summed E-state index contributed by atoms with van der Waals surface area (Å²) in [6, 6.07) is 4.68. The fourth-order valence-corrected chi connectivity index (χ4v) is 2.56. The summed E-state index contributed by atoms with van der Waals surface area (Å²) in [6.07, 6.45) is 0. The molecule has 0 aliphatic carbocycles. The van der Waals surface area contributed by atoms with Crippen molar-refractivity contribution in [3.05, 3.63) is 24.0 Å². The van der Waals surface area contributed by atoms with Crippen molar-refractivity contribution in [3.8, 4) is 0 Å². The Bertz CT molecular complexity index is 532. The van der Waals surface area contributed by atoms with Crippen molar-refractivity contribution in [2.75, 3.05) is 45.7 Å². The van der Waals surface area contributed by atoms with Gasteiger partial charge in [-0.25, -0.2) is 9.37 Å². The van der Waals surface area contributed by atoms with Gasteiger partial charge in [0.2, 0.25) is 0 Å². The fourth-order valence-electron chi connectivity index (χ4n) is 1.69. The first-order chi connectivity index (χ1) is 9.19. The van der Waals surface area contributed by atoms with Crippen molar-refractivity contribution in [2.45, 2.75) is 0 Å². The van der Waals surface area contributed by atoms with E-state index >= 15 is 0 Å². The molecule has 0 atom stereocenters. The molecule has 1 heterocycles. The molecule has 0 amide bonds. The average molecular weight is 283 g/mol. The van der Waals surface area contributed by atoms with Crippen LogP contribution in [-0.2, 0) is 4.74 Å². The van der Waals surface area contributed by atoms with Gasteiger partial charge in [-0.05, 0) is 19.2 Å². The van der Waals surface area contributed by atoms with E-state index < -0.39 is 0 Å². The van der Waals surface area contributed by atoms with Crippen LogP contribution in [0.1, 0.15) is 0 Å². The standard InChI is InChI=1S/C13H18FN3OS/c1-17(7-8-18-2)6-5-15-13-16-11-9-10(14)3-4-12(11)19-13/h3-4,9H,5-8H2,1-2H3,(H,15,16). The lowest BCUT2D eigenvalue weighted by Crippen LogP contribution is -2.28. The second kappa shape index (κ2) is 6.79. The molecule has 2 aromatic rings. The summed E-state index contributed by atoms with van der Waals surface area (Å²) in [5.74, 6) is -0.247. The predicted octanol–water partition coefficient (Wildman–Crippen LogP) is 2.43. The highest BCUT2D eigenvalue weighted by Crippen LogP contribution is 2.25. The Labute approximate surface area is 116 Å². The zero-order valence-electron chi connectivity index (χ0n) is 11.1. The number of nitrogens with zero attached hydrogens (tertiary/aromatic N) is 2. The normalized spacial score (nSPS) is 11.4. The van der Waals surface area contributed by atoms with E-state index in [0.717, 1.165) is 36.1 Å². The molecule has 0 unspecified atom stereocenters. The lowest BCUT2D eigenvalue weighted by atomic mass is 10.3. The third-order valence-electron chi connectivity index (χ3n) is 2.80. The highest BCUT2D eigenvalue weighted by molar-refractivity contribution is 7.22. The van der Waals surface area contributed by atoms with E-state index in [1.54, 1.807) is 24.5 Å². The first-order valence-corrected chi connectivity index (χ1v) is 6.98. The van der Waals surface area contributed by atoms with Crippen LogP contribution in [0.3, 0.4) is 0 Å². The topological polar surface area (TPSA) is 37.4 Å². The van der Waals surface area contributed by atoms with Gasteiger partial charge in [-0.1, -0.05) is 11.3 Å². The fraction of sp³-hybridized carbons (Fsp3) is 0.462. The first-order valence-electron chi connectivity index (χ1n) is 6.16. The molecule has 1 N–H and O–H groups in total. The van der Waals surface area contributed by atoms with Crippen LogP contribution < -0.4 is 5.32 Å². The first kappa shape index (κ1) is 14.2. The summed E-state index contributed by atoms with van der Waals surface area (Å²) in [7, 11) is 3.75. The molecule has 6 heteroatoms. The Morgan fingerprint density at radius 2 is 2.26 bits per heavy atom. The van der Waals surface area contributed by atoms with Crippen LogP contribution in [0.4, 0.5) is 9.52 Å². The Kier molecular flexibility index (Phi) is 5.07. The highest BCUT2D eigenvalue weighted by Gasteiger charge is 2.04. The number of aromatic nitrogens is 1. The zero-order valence-corrected chi connectivity index (χ0v) is 12.0. The minimum Gasteiger partial charge on any atom is -0.383 e. The van der Waals surface area contributed by atoms with Crippen LogP contribution in [0.15, 0.2) is 18.2 Å². The molecule has 1 aromatic heterocycles. The maximum Gasteiger partial charge on any atom is 0.183 e. The Balaban J connectivity index is 1.84. The summed E-state index contributed by atoms with van der Waals surface area (Å²) in [6.45, 7) is 3.36. The van der Waals surface area contributed by atoms with Gasteiger partial charge in [-0.2, -0.15) is 0 Å². The third kappa shape index (κ3) is 4.12. The summed E-state index contributed by atoms with van der Waals surface area (Å²) in [4.78, 5) is 6.54. The zero-order chi connectivity index (χ0) is 13.7.